The molecule has 2 unspecified atom stereocenters. The highest BCUT2D eigenvalue weighted by atomic mass is 16.3. The SMILES string of the molecule is CCCC1(O)CC[C@H]2[C@@H]3CCC4=CC(=O)CC(C)[C@]4(C)[C@@H]3CC[C@@]21C. The summed E-state index contributed by atoms with van der Waals surface area (Å²) in [6, 6.07) is 0. The molecule has 140 valence electrons. The normalized spacial score (nSPS) is 52.2. The van der Waals surface area contributed by atoms with Crippen LogP contribution in [0.15, 0.2) is 11.6 Å². The third-order valence-corrected chi connectivity index (χ3v) is 9.50. The number of hydrogen-bond acceptors (Lipinski definition) is 2. The molecule has 1 N–H and O–H groups in total. The summed E-state index contributed by atoms with van der Waals surface area (Å²) in [4.78, 5) is 12.1. The molecule has 7 atom stereocenters. The van der Waals surface area contributed by atoms with Crippen LogP contribution in [0.5, 0.6) is 0 Å². The predicted octanol–water partition coefficient (Wildman–Crippen LogP) is 5.30. The Labute approximate surface area is 153 Å². The minimum Gasteiger partial charge on any atom is -0.389 e. The van der Waals surface area contributed by atoms with Crippen LogP contribution in [0.1, 0.15) is 85.5 Å². The lowest BCUT2D eigenvalue weighted by atomic mass is 9.44. The van der Waals surface area contributed by atoms with E-state index in [2.05, 4.69) is 27.7 Å². The van der Waals surface area contributed by atoms with Crippen LogP contribution in [0, 0.1) is 34.5 Å². The molecule has 2 nitrogen and oxygen atoms in total. The van der Waals surface area contributed by atoms with Crippen LogP contribution in [-0.4, -0.2) is 16.5 Å². The van der Waals surface area contributed by atoms with Gasteiger partial charge in [-0.25, -0.2) is 0 Å². The van der Waals surface area contributed by atoms with Crippen molar-refractivity contribution in [3.8, 4) is 0 Å². The van der Waals surface area contributed by atoms with Gasteiger partial charge >= 0.3 is 0 Å². The van der Waals surface area contributed by atoms with Gasteiger partial charge in [0, 0.05) is 6.42 Å². The van der Waals surface area contributed by atoms with Crippen LogP contribution in [0.25, 0.3) is 0 Å². The smallest absolute Gasteiger partial charge is 0.155 e. The van der Waals surface area contributed by atoms with Gasteiger partial charge in [-0.2, -0.15) is 0 Å². The molecule has 4 aliphatic carbocycles. The Balaban J connectivity index is 1.69. The lowest BCUT2D eigenvalue weighted by molar-refractivity contribution is -0.138. The van der Waals surface area contributed by atoms with Crippen LogP contribution in [-0.2, 0) is 4.79 Å². The molecule has 0 amide bonds. The van der Waals surface area contributed by atoms with Gasteiger partial charge < -0.3 is 5.11 Å². The Morgan fingerprint density at radius 1 is 1.16 bits per heavy atom. The Morgan fingerprint density at radius 3 is 2.60 bits per heavy atom. The fourth-order valence-corrected chi connectivity index (χ4v) is 7.88. The maximum absolute atomic E-state index is 12.1. The van der Waals surface area contributed by atoms with Gasteiger partial charge in [0.1, 0.15) is 0 Å². The average molecular weight is 345 g/mol. The second-order valence-corrected chi connectivity index (χ2v) is 10.2. The Kier molecular flexibility index (Phi) is 4.04. The number of carbonyl (C=O) groups is 1. The van der Waals surface area contributed by atoms with Crippen molar-refractivity contribution in [2.45, 2.75) is 91.1 Å². The van der Waals surface area contributed by atoms with E-state index in [1.165, 1.54) is 31.3 Å². The number of ketones is 1. The van der Waals surface area contributed by atoms with Crippen molar-refractivity contribution in [2.75, 3.05) is 0 Å². The minimum absolute atomic E-state index is 0.107. The second-order valence-electron chi connectivity index (χ2n) is 10.2. The first-order valence-electron chi connectivity index (χ1n) is 10.7. The zero-order chi connectivity index (χ0) is 18.0. The Hall–Kier alpha value is -0.630. The van der Waals surface area contributed by atoms with Gasteiger partial charge in [0.15, 0.2) is 5.78 Å². The quantitative estimate of drug-likeness (QED) is 0.738. The Bertz CT molecular complexity index is 607. The first kappa shape index (κ1) is 17.8. The van der Waals surface area contributed by atoms with Crippen molar-refractivity contribution in [2.24, 2.45) is 34.5 Å². The van der Waals surface area contributed by atoms with Gasteiger partial charge in [0.25, 0.3) is 0 Å². The average Bonchev–Trinajstić information content (AvgIpc) is 2.81. The molecule has 0 saturated heterocycles. The maximum atomic E-state index is 12.1. The van der Waals surface area contributed by atoms with E-state index in [0.717, 1.165) is 38.0 Å². The number of aliphatic hydroxyl groups is 1. The molecular formula is C23H36O2. The standard InChI is InChI=1S/C23H36O2/c1-5-10-23(25)12-9-19-18-7-6-16-14-17(24)13-15(2)22(16,4)20(18)8-11-21(19,23)3/h14-15,18-20,25H,5-13H2,1-4H3/t15?,18-,19-,20+,21-,22-,23?/m0/s1. The van der Waals surface area contributed by atoms with E-state index in [0.29, 0.717) is 23.5 Å². The first-order valence-corrected chi connectivity index (χ1v) is 10.7. The molecule has 0 bridgehead atoms. The summed E-state index contributed by atoms with van der Waals surface area (Å²) in [7, 11) is 0. The Morgan fingerprint density at radius 2 is 1.88 bits per heavy atom. The number of rotatable bonds is 2. The van der Waals surface area contributed by atoms with Crippen molar-refractivity contribution < 1.29 is 9.90 Å². The van der Waals surface area contributed by atoms with Crippen molar-refractivity contribution in [3.05, 3.63) is 11.6 Å². The minimum atomic E-state index is -0.442. The summed E-state index contributed by atoms with van der Waals surface area (Å²) in [5, 5.41) is 11.5. The molecule has 0 heterocycles. The van der Waals surface area contributed by atoms with Gasteiger partial charge in [-0.05, 0) is 85.5 Å². The highest BCUT2D eigenvalue weighted by Gasteiger charge is 2.64. The van der Waals surface area contributed by atoms with Gasteiger partial charge in [-0.15, -0.1) is 0 Å². The van der Waals surface area contributed by atoms with Crippen molar-refractivity contribution >= 4 is 5.78 Å². The monoisotopic (exact) mass is 344 g/mol. The molecule has 0 aromatic carbocycles. The van der Waals surface area contributed by atoms with Crippen molar-refractivity contribution in [1.82, 2.24) is 0 Å². The van der Waals surface area contributed by atoms with Crippen LogP contribution in [0.3, 0.4) is 0 Å². The van der Waals surface area contributed by atoms with Crippen LogP contribution in [0.4, 0.5) is 0 Å². The van der Waals surface area contributed by atoms with E-state index >= 15 is 0 Å². The molecule has 0 aliphatic heterocycles. The number of fused-ring (bicyclic) bond motifs is 5. The molecule has 4 rings (SSSR count). The second kappa shape index (κ2) is 5.68. The first-order chi connectivity index (χ1) is 11.8. The molecule has 3 saturated carbocycles. The molecule has 0 aromatic heterocycles. The van der Waals surface area contributed by atoms with Gasteiger partial charge in [0.2, 0.25) is 0 Å². The van der Waals surface area contributed by atoms with E-state index in [1.54, 1.807) is 0 Å². The molecule has 25 heavy (non-hydrogen) atoms. The molecule has 3 fully saturated rings. The van der Waals surface area contributed by atoms with Crippen LogP contribution >= 0.6 is 0 Å². The topological polar surface area (TPSA) is 37.3 Å². The van der Waals surface area contributed by atoms with Gasteiger partial charge in [-0.3, -0.25) is 4.79 Å². The van der Waals surface area contributed by atoms with Crippen LogP contribution < -0.4 is 0 Å². The lowest BCUT2D eigenvalue weighted by Crippen LogP contribution is -2.56. The van der Waals surface area contributed by atoms with E-state index in [-0.39, 0.29) is 10.8 Å². The molecule has 0 spiro atoms. The van der Waals surface area contributed by atoms with Crippen molar-refractivity contribution in [3.63, 3.8) is 0 Å². The molecular weight excluding hydrogens is 308 g/mol. The third kappa shape index (κ3) is 2.22. The predicted molar refractivity (Wildman–Crippen MR) is 101 cm³/mol. The van der Waals surface area contributed by atoms with Crippen LogP contribution in [0.2, 0.25) is 0 Å². The fourth-order valence-electron chi connectivity index (χ4n) is 7.88. The van der Waals surface area contributed by atoms with Gasteiger partial charge in [-0.1, -0.05) is 39.7 Å². The van der Waals surface area contributed by atoms with E-state index < -0.39 is 5.60 Å². The highest BCUT2D eigenvalue weighted by Crippen LogP contribution is 2.68. The third-order valence-electron chi connectivity index (χ3n) is 9.50. The number of hydrogen-bond donors (Lipinski definition) is 1. The highest BCUT2D eigenvalue weighted by molar-refractivity contribution is 5.92. The van der Waals surface area contributed by atoms with E-state index in [4.69, 9.17) is 0 Å². The summed E-state index contributed by atoms with van der Waals surface area (Å²) in [6.07, 6.45) is 11.7. The molecule has 0 radical (unpaired) electrons. The van der Waals surface area contributed by atoms with E-state index in [9.17, 15) is 9.90 Å². The summed E-state index contributed by atoms with van der Waals surface area (Å²) >= 11 is 0. The number of allylic oxidation sites excluding steroid dienone is 1. The van der Waals surface area contributed by atoms with E-state index in [1.807, 2.05) is 6.08 Å². The maximum Gasteiger partial charge on any atom is 0.155 e. The summed E-state index contributed by atoms with van der Waals surface area (Å²) in [5.74, 6) is 2.93. The number of carbonyl (C=O) groups excluding carboxylic acids is 1. The fraction of sp³-hybridized carbons (Fsp3) is 0.870. The molecule has 0 aromatic rings. The summed E-state index contributed by atoms with van der Waals surface area (Å²) < 4.78 is 0. The molecule has 2 heteroatoms. The van der Waals surface area contributed by atoms with Gasteiger partial charge in [0.05, 0.1) is 5.60 Å². The largest absolute Gasteiger partial charge is 0.389 e. The lowest BCUT2D eigenvalue weighted by Gasteiger charge is -2.60. The summed E-state index contributed by atoms with van der Waals surface area (Å²) in [5.41, 5.74) is 1.32. The zero-order valence-corrected chi connectivity index (χ0v) is 16.6. The van der Waals surface area contributed by atoms with Crippen molar-refractivity contribution in [1.29, 1.82) is 0 Å². The zero-order valence-electron chi connectivity index (χ0n) is 16.6. The molecule has 4 aliphatic rings. The summed E-state index contributed by atoms with van der Waals surface area (Å²) in [6.45, 7) is 9.38.